The molecular formula is C20H30N2O. The highest BCUT2D eigenvalue weighted by atomic mass is 16.2. The first-order valence-corrected chi connectivity index (χ1v) is 9.40. The van der Waals surface area contributed by atoms with Gasteiger partial charge in [0.1, 0.15) is 0 Å². The van der Waals surface area contributed by atoms with Gasteiger partial charge in [-0.25, -0.2) is 4.79 Å². The van der Waals surface area contributed by atoms with Crippen molar-refractivity contribution in [2.75, 3.05) is 0 Å². The topological polar surface area (TPSA) is 41.8 Å². The van der Waals surface area contributed by atoms with Gasteiger partial charge in [-0.2, -0.15) is 9.98 Å². The molecule has 1 aromatic rings. The minimum absolute atomic E-state index is 0.369. The number of carbonyl (C=O) groups excluding carboxylic acids is 1. The molecule has 23 heavy (non-hydrogen) atoms. The second kappa shape index (κ2) is 10.3. The second-order valence-corrected chi connectivity index (χ2v) is 6.61. The van der Waals surface area contributed by atoms with Crippen molar-refractivity contribution in [2.45, 2.75) is 84.0 Å². The van der Waals surface area contributed by atoms with Crippen molar-refractivity contribution in [3.8, 4) is 0 Å². The van der Waals surface area contributed by atoms with E-state index in [9.17, 15) is 4.79 Å². The van der Waals surface area contributed by atoms with Crippen LogP contribution < -0.4 is 10.7 Å². The Labute approximate surface area is 139 Å². The van der Waals surface area contributed by atoms with Crippen molar-refractivity contribution in [3.05, 3.63) is 34.5 Å². The molecule has 126 valence electrons. The van der Waals surface area contributed by atoms with Gasteiger partial charge in [-0.15, -0.1) is 0 Å². The third-order valence-corrected chi connectivity index (χ3v) is 4.54. The average Bonchev–Trinajstić information content (AvgIpc) is 2.92. The van der Waals surface area contributed by atoms with Gasteiger partial charge in [-0.05, 0) is 30.5 Å². The van der Waals surface area contributed by atoms with Gasteiger partial charge in [-0.1, -0.05) is 77.2 Å². The van der Waals surface area contributed by atoms with E-state index in [1.807, 2.05) is 12.1 Å². The third kappa shape index (κ3) is 6.64. The third-order valence-electron chi connectivity index (χ3n) is 4.54. The molecule has 2 amide bonds. The predicted molar refractivity (Wildman–Crippen MR) is 94.3 cm³/mol. The Bertz CT molecular complexity index is 607. The van der Waals surface area contributed by atoms with Crippen LogP contribution in [0.15, 0.2) is 28.2 Å². The fourth-order valence-corrected chi connectivity index (χ4v) is 3.13. The van der Waals surface area contributed by atoms with E-state index in [-0.39, 0.29) is 6.03 Å². The summed E-state index contributed by atoms with van der Waals surface area (Å²) in [6, 6.07) is 5.64. The molecule has 1 aliphatic heterocycles. The Morgan fingerprint density at radius 1 is 0.739 bits per heavy atom. The molecule has 0 N–H and O–H groups in total. The minimum Gasteiger partial charge on any atom is -0.244 e. The molecule has 1 heterocycles. The molecule has 0 unspecified atom stereocenters. The molecule has 2 rings (SSSR count). The van der Waals surface area contributed by atoms with Crippen molar-refractivity contribution >= 4 is 6.03 Å². The van der Waals surface area contributed by atoms with Gasteiger partial charge in [0, 0.05) is 0 Å². The maximum atomic E-state index is 11.1. The van der Waals surface area contributed by atoms with Crippen LogP contribution in [0, 0.1) is 0 Å². The SMILES string of the molecule is CCCCCCCCCCCCCc1ccc2c(c1)=NC(=O)N=2. The highest BCUT2D eigenvalue weighted by Gasteiger charge is 2.05. The van der Waals surface area contributed by atoms with Crippen LogP contribution >= 0.6 is 0 Å². The number of amides is 2. The lowest BCUT2D eigenvalue weighted by Gasteiger charge is -2.03. The summed E-state index contributed by atoms with van der Waals surface area (Å²) in [5.41, 5.74) is 1.27. The molecule has 0 bridgehead atoms. The molecule has 0 radical (unpaired) electrons. The van der Waals surface area contributed by atoms with Crippen LogP contribution in [0.2, 0.25) is 0 Å². The van der Waals surface area contributed by atoms with E-state index in [0.717, 1.165) is 17.1 Å². The highest BCUT2D eigenvalue weighted by molar-refractivity contribution is 5.77. The number of hydrogen-bond donors (Lipinski definition) is 0. The maximum absolute atomic E-state index is 11.1. The van der Waals surface area contributed by atoms with E-state index >= 15 is 0 Å². The summed E-state index contributed by atoms with van der Waals surface area (Å²) in [6.45, 7) is 2.27. The Morgan fingerprint density at radius 3 is 1.96 bits per heavy atom. The summed E-state index contributed by atoms with van der Waals surface area (Å²) >= 11 is 0. The first-order chi connectivity index (χ1) is 11.3. The van der Waals surface area contributed by atoms with Crippen molar-refractivity contribution in [1.82, 2.24) is 0 Å². The summed E-state index contributed by atoms with van der Waals surface area (Å²) in [6.07, 6.45) is 16.1. The number of benzene rings is 1. The molecule has 0 atom stereocenters. The molecule has 3 nitrogen and oxygen atoms in total. The van der Waals surface area contributed by atoms with Crippen LogP contribution in [0.5, 0.6) is 0 Å². The standard InChI is InChI=1S/C20H30N2O/c1-2-3-4-5-6-7-8-9-10-11-12-13-17-14-15-18-19(16-17)22-20(23)21-18/h14-16H,2-13H2,1H3. The van der Waals surface area contributed by atoms with Gasteiger partial charge < -0.3 is 0 Å². The normalized spacial score (nSPS) is 12.8. The van der Waals surface area contributed by atoms with Gasteiger partial charge >= 0.3 is 6.03 Å². The molecule has 0 fully saturated rings. The Balaban J connectivity index is 1.50. The summed E-state index contributed by atoms with van der Waals surface area (Å²) in [4.78, 5) is 18.9. The number of aryl methyl sites for hydroxylation is 1. The van der Waals surface area contributed by atoms with E-state index in [1.54, 1.807) is 0 Å². The van der Waals surface area contributed by atoms with E-state index in [0.29, 0.717) is 0 Å². The van der Waals surface area contributed by atoms with Crippen LogP contribution in [0.4, 0.5) is 4.79 Å². The lowest BCUT2D eigenvalue weighted by atomic mass is 10.0. The second-order valence-electron chi connectivity index (χ2n) is 6.61. The number of rotatable bonds is 12. The lowest BCUT2D eigenvalue weighted by molar-refractivity contribution is 0.256. The first kappa shape index (κ1) is 17.8. The number of carbonyl (C=O) groups is 1. The predicted octanol–water partition coefficient (Wildman–Crippen LogP) is 4.91. The van der Waals surface area contributed by atoms with E-state index in [4.69, 9.17) is 0 Å². The van der Waals surface area contributed by atoms with Gasteiger partial charge in [0.15, 0.2) is 0 Å². The highest BCUT2D eigenvalue weighted by Crippen LogP contribution is 2.12. The van der Waals surface area contributed by atoms with Crippen molar-refractivity contribution < 1.29 is 4.79 Å². The van der Waals surface area contributed by atoms with Crippen LogP contribution in [0.3, 0.4) is 0 Å². The summed E-state index contributed by atoms with van der Waals surface area (Å²) in [5.74, 6) is 0. The van der Waals surface area contributed by atoms with Crippen LogP contribution in [0.25, 0.3) is 0 Å². The zero-order valence-electron chi connectivity index (χ0n) is 14.5. The minimum atomic E-state index is -0.369. The van der Waals surface area contributed by atoms with Gasteiger partial charge in [0.05, 0.1) is 10.7 Å². The molecule has 1 aliphatic rings. The average molecular weight is 314 g/mol. The van der Waals surface area contributed by atoms with Crippen molar-refractivity contribution in [1.29, 1.82) is 0 Å². The summed E-state index contributed by atoms with van der Waals surface area (Å²) in [5, 5.41) is 1.47. The van der Waals surface area contributed by atoms with Crippen LogP contribution in [-0.2, 0) is 6.42 Å². The summed E-state index contributed by atoms with van der Waals surface area (Å²) < 4.78 is 0. The zero-order chi connectivity index (χ0) is 16.3. The van der Waals surface area contributed by atoms with Crippen LogP contribution in [-0.4, -0.2) is 6.03 Å². The van der Waals surface area contributed by atoms with Crippen molar-refractivity contribution in [3.63, 3.8) is 0 Å². The number of fused-ring (bicyclic) bond motifs is 1. The molecule has 3 heteroatoms. The number of unbranched alkanes of at least 4 members (excludes halogenated alkanes) is 10. The largest absolute Gasteiger partial charge is 0.368 e. The zero-order valence-corrected chi connectivity index (χ0v) is 14.5. The Hall–Kier alpha value is -1.51. The fourth-order valence-electron chi connectivity index (χ4n) is 3.13. The lowest BCUT2D eigenvalue weighted by Crippen LogP contribution is -2.21. The molecule has 0 aliphatic carbocycles. The smallest absolute Gasteiger partial charge is 0.244 e. The molecule has 0 spiro atoms. The fraction of sp³-hybridized carbons (Fsp3) is 0.650. The first-order valence-electron chi connectivity index (χ1n) is 9.40. The van der Waals surface area contributed by atoms with Gasteiger partial charge in [0.25, 0.3) is 0 Å². The van der Waals surface area contributed by atoms with E-state index < -0.39 is 0 Å². The molecule has 1 aromatic carbocycles. The number of urea groups is 1. The van der Waals surface area contributed by atoms with E-state index in [1.165, 1.54) is 76.2 Å². The Kier molecular flexibility index (Phi) is 7.99. The number of nitrogens with zero attached hydrogens (tertiary/aromatic N) is 2. The molecule has 0 saturated heterocycles. The van der Waals surface area contributed by atoms with Crippen LogP contribution in [0.1, 0.15) is 83.1 Å². The van der Waals surface area contributed by atoms with E-state index in [2.05, 4.69) is 23.0 Å². The maximum Gasteiger partial charge on any atom is 0.368 e. The summed E-state index contributed by atoms with van der Waals surface area (Å²) in [7, 11) is 0. The van der Waals surface area contributed by atoms with Crippen molar-refractivity contribution in [2.24, 2.45) is 9.98 Å². The molecular weight excluding hydrogens is 284 g/mol. The number of hydrogen-bond acceptors (Lipinski definition) is 1. The quantitative estimate of drug-likeness (QED) is 0.505. The molecule has 0 saturated carbocycles. The monoisotopic (exact) mass is 314 g/mol. The Morgan fingerprint density at radius 2 is 1.30 bits per heavy atom. The van der Waals surface area contributed by atoms with Gasteiger partial charge in [0.2, 0.25) is 0 Å². The van der Waals surface area contributed by atoms with Gasteiger partial charge in [-0.3, -0.25) is 0 Å². The molecule has 0 aromatic heterocycles.